The summed E-state index contributed by atoms with van der Waals surface area (Å²) in [4.78, 5) is 11.5. The van der Waals surface area contributed by atoms with Crippen molar-refractivity contribution in [1.82, 2.24) is 5.32 Å². The van der Waals surface area contributed by atoms with Crippen LogP contribution in [0.5, 0.6) is 11.5 Å². The fourth-order valence-corrected chi connectivity index (χ4v) is 1.64. The molecular formula is C14H17NO3. The van der Waals surface area contributed by atoms with Crippen LogP contribution in [0, 0.1) is 0 Å². The number of fused-ring (bicyclic) bond motifs is 1. The molecule has 0 aliphatic carbocycles. The molecule has 0 aromatic heterocycles. The lowest BCUT2D eigenvalue weighted by Crippen LogP contribution is -2.21. The first-order chi connectivity index (χ1) is 8.79. The molecule has 0 atom stereocenters. The van der Waals surface area contributed by atoms with E-state index in [1.165, 1.54) is 6.08 Å². The normalized spacial score (nSPS) is 12.9. The molecular weight excluding hydrogens is 230 g/mol. The Morgan fingerprint density at radius 1 is 1.39 bits per heavy atom. The fourth-order valence-electron chi connectivity index (χ4n) is 1.64. The molecule has 4 nitrogen and oxygen atoms in total. The molecule has 0 radical (unpaired) electrons. The minimum atomic E-state index is -0.0684. The largest absolute Gasteiger partial charge is 0.454 e. The van der Waals surface area contributed by atoms with Gasteiger partial charge >= 0.3 is 0 Å². The quantitative estimate of drug-likeness (QED) is 0.641. The first-order valence-corrected chi connectivity index (χ1v) is 6.15. The van der Waals surface area contributed by atoms with Crippen molar-refractivity contribution in [3.63, 3.8) is 0 Å². The topological polar surface area (TPSA) is 47.6 Å². The van der Waals surface area contributed by atoms with Gasteiger partial charge in [-0.3, -0.25) is 4.79 Å². The van der Waals surface area contributed by atoms with Crippen LogP contribution in [0.2, 0.25) is 0 Å². The fraction of sp³-hybridized carbons (Fsp3) is 0.357. The molecule has 2 rings (SSSR count). The van der Waals surface area contributed by atoms with Crippen LogP contribution in [0.15, 0.2) is 24.3 Å². The van der Waals surface area contributed by atoms with E-state index in [1.807, 2.05) is 18.2 Å². The van der Waals surface area contributed by atoms with Crippen molar-refractivity contribution in [3.8, 4) is 11.5 Å². The van der Waals surface area contributed by atoms with E-state index in [2.05, 4.69) is 12.2 Å². The van der Waals surface area contributed by atoms with Gasteiger partial charge in [0.25, 0.3) is 0 Å². The van der Waals surface area contributed by atoms with Crippen LogP contribution in [0.1, 0.15) is 25.3 Å². The van der Waals surface area contributed by atoms with Crippen molar-refractivity contribution < 1.29 is 14.3 Å². The standard InChI is InChI=1S/C14H17NO3/c1-2-3-8-15-14(16)7-5-11-4-6-12-13(9-11)18-10-17-12/h4-7,9H,2-3,8,10H2,1H3,(H,15,16)/b7-5-. The van der Waals surface area contributed by atoms with E-state index in [9.17, 15) is 4.79 Å². The number of amides is 1. The second-order valence-corrected chi connectivity index (χ2v) is 4.09. The second-order valence-electron chi connectivity index (χ2n) is 4.09. The Balaban J connectivity index is 1.90. The van der Waals surface area contributed by atoms with E-state index in [0.29, 0.717) is 0 Å². The first-order valence-electron chi connectivity index (χ1n) is 6.15. The van der Waals surface area contributed by atoms with Crippen LogP contribution in [-0.4, -0.2) is 19.2 Å². The number of carbonyl (C=O) groups excluding carboxylic acids is 1. The third-order valence-electron chi connectivity index (χ3n) is 2.65. The molecule has 1 N–H and O–H groups in total. The van der Waals surface area contributed by atoms with Gasteiger partial charge in [0.05, 0.1) is 0 Å². The summed E-state index contributed by atoms with van der Waals surface area (Å²) in [6, 6.07) is 5.60. The average Bonchev–Trinajstić information content (AvgIpc) is 2.84. The number of rotatable bonds is 5. The highest BCUT2D eigenvalue weighted by Crippen LogP contribution is 2.32. The zero-order chi connectivity index (χ0) is 12.8. The van der Waals surface area contributed by atoms with Crippen LogP contribution in [0.25, 0.3) is 6.08 Å². The summed E-state index contributed by atoms with van der Waals surface area (Å²) in [6.45, 7) is 3.08. The molecule has 0 spiro atoms. The van der Waals surface area contributed by atoms with Crippen molar-refractivity contribution in [3.05, 3.63) is 29.8 Å². The molecule has 96 valence electrons. The van der Waals surface area contributed by atoms with Gasteiger partial charge in [-0.1, -0.05) is 19.4 Å². The van der Waals surface area contributed by atoms with E-state index in [0.717, 1.165) is 36.4 Å². The number of unbranched alkanes of at least 4 members (excludes halogenated alkanes) is 1. The van der Waals surface area contributed by atoms with Gasteiger partial charge in [-0.05, 0) is 30.2 Å². The summed E-state index contributed by atoms with van der Waals surface area (Å²) in [5.41, 5.74) is 0.921. The van der Waals surface area contributed by atoms with Gasteiger partial charge in [0.15, 0.2) is 11.5 Å². The van der Waals surface area contributed by atoms with Gasteiger partial charge in [-0.2, -0.15) is 0 Å². The summed E-state index contributed by atoms with van der Waals surface area (Å²) >= 11 is 0. The van der Waals surface area contributed by atoms with E-state index in [1.54, 1.807) is 6.08 Å². The molecule has 0 bridgehead atoms. The maximum atomic E-state index is 11.5. The van der Waals surface area contributed by atoms with Crippen molar-refractivity contribution in [2.45, 2.75) is 19.8 Å². The summed E-state index contributed by atoms with van der Waals surface area (Å²) in [7, 11) is 0. The number of ether oxygens (including phenoxy) is 2. The first kappa shape index (κ1) is 12.5. The van der Waals surface area contributed by atoms with Gasteiger partial charge < -0.3 is 14.8 Å². The summed E-state index contributed by atoms with van der Waals surface area (Å²) in [5, 5.41) is 2.82. The molecule has 1 aliphatic rings. The van der Waals surface area contributed by atoms with E-state index < -0.39 is 0 Å². The molecule has 1 amide bonds. The lowest BCUT2D eigenvalue weighted by molar-refractivity contribution is -0.116. The third-order valence-corrected chi connectivity index (χ3v) is 2.65. The lowest BCUT2D eigenvalue weighted by atomic mass is 10.2. The summed E-state index contributed by atoms with van der Waals surface area (Å²) in [6.07, 6.45) is 5.38. The molecule has 0 fully saturated rings. The minimum Gasteiger partial charge on any atom is -0.454 e. The molecule has 4 heteroatoms. The molecule has 0 saturated heterocycles. The third kappa shape index (κ3) is 3.26. The molecule has 0 saturated carbocycles. The highest BCUT2D eigenvalue weighted by molar-refractivity contribution is 5.91. The summed E-state index contributed by atoms with van der Waals surface area (Å²) in [5.74, 6) is 1.41. The van der Waals surface area contributed by atoms with Crippen molar-refractivity contribution in [2.75, 3.05) is 13.3 Å². The van der Waals surface area contributed by atoms with Gasteiger partial charge in [-0.15, -0.1) is 0 Å². The van der Waals surface area contributed by atoms with Crippen molar-refractivity contribution in [1.29, 1.82) is 0 Å². The Morgan fingerprint density at radius 3 is 3.06 bits per heavy atom. The Kier molecular flexibility index (Phi) is 4.23. The smallest absolute Gasteiger partial charge is 0.243 e. The lowest BCUT2D eigenvalue weighted by Gasteiger charge is -2.00. The minimum absolute atomic E-state index is 0.0684. The Bertz CT molecular complexity index is 454. The maximum Gasteiger partial charge on any atom is 0.243 e. The van der Waals surface area contributed by atoms with Crippen LogP contribution < -0.4 is 14.8 Å². The zero-order valence-corrected chi connectivity index (χ0v) is 10.4. The maximum absolute atomic E-state index is 11.5. The zero-order valence-electron chi connectivity index (χ0n) is 10.4. The van der Waals surface area contributed by atoms with Crippen molar-refractivity contribution >= 4 is 12.0 Å². The Hall–Kier alpha value is -1.97. The summed E-state index contributed by atoms with van der Waals surface area (Å²) < 4.78 is 10.5. The number of nitrogens with one attached hydrogen (secondary N) is 1. The Morgan fingerprint density at radius 2 is 2.22 bits per heavy atom. The molecule has 1 heterocycles. The number of benzene rings is 1. The molecule has 1 aliphatic heterocycles. The average molecular weight is 247 g/mol. The van der Waals surface area contributed by atoms with Gasteiger partial charge in [0, 0.05) is 12.6 Å². The predicted molar refractivity (Wildman–Crippen MR) is 69.5 cm³/mol. The van der Waals surface area contributed by atoms with Gasteiger partial charge in [-0.25, -0.2) is 0 Å². The number of carbonyl (C=O) groups is 1. The highest BCUT2D eigenvalue weighted by atomic mass is 16.7. The van der Waals surface area contributed by atoms with E-state index in [-0.39, 0.29) is 12.7 Å². The SMILES string of the molecule is CCCCNC(=O)/C=C\c1ccc2c(c1)OCO2. The number of hydrogen-bond donors (Lipinski definition) is 1. The van der Waals surface area contributed by atoms with Crippen LogP contribution in [-0.2, 0) is 4.79 Å². The molecule has 0 unspecified atom stereocenters. The van der Waals surface area contributed by atoms with Crippen LogP contribution >= 0.6 is 0 Å². The molecule has 18 heavy (non-hydrogen) atoms. The number of hydrogen-bond acceptors (Lipinski definition) is 3. The second kappa shape index (κ2) is 6.10. The van der Waals surface area contributed by atoms with E-state index >= 15 is 0 Å². The Labute approximate surface area is 107 Å². The van der Waals surface area contributed by atoms with Crippen LogP contribution in [0.3, 0.4) is 0 Å². The van der Waals surface area contributed by atoms with E-state index in [4.69, 9.17) is 9.47 Å². The van der Waals surface area contributed by atoms with Gasteiger partial charge in [0.1, 0.15) is 0 Å². The van der Waals surface area contributed by atoms with Crippen LogP contribution in [0.4, 0.5) is 0 Å². The highest BCUT2D eigenvalue weighted by Gasteiger charge is 2.12. The predicted octanol–water partition coefficient (Wildman–Crippen LogP) is 2.34. The molecule has 1 aromatic rings. The molecule has 1 aromatic carbocycles. The monoisotopic (exact) mass is 247 g/mol. The van der Waals surface area contributed by atoms with Gasteiger partial charge in [0.2, 0.25) is 12.7 Å². The van der Waals surface area contributed by atoms with Crippen molar-refractivity contribution in [2.24, 2.45) is 0 Å².